The van der Waals surface area contributed by atoms with Crippen LogP contribution in [0.1, 0.15) is 32.0 Å². The third-order valence-electron chi connectivity index (χ3n) is 5.44. The Balaban J connectivity index is 1.64. The van der Waals surface area contributed by atoms with Crippen LogP contribution in [0.15, 0.2) is 29.2 Å². The molecule has 164 valence electrons. The zero-order valence-electron chi connectivity index (χ0n) is 17.4. The average Bonchev–Trinajstić information content (AvgIpc) is 2.76. The predicted molar refractivity (Wildman–Crippen MR) is 112 cm³/mol. The summed E-state index contributed by atoms with van der Waals surface area (Å²) in [4.78, 5) is 39.8. The monoisotopic (exact) mass is 428 g/mol. The fourth-order valence-electron chi connectivity index (χ4n) is 3.76. The highest BCUT2D eigenvalue weighted by molar-refractivity contribution is 6.05. The standard InChI is InChI=1S/C21H24N4O6/c1-23-12-24(6-8-30-2)21(29)17-19(27)18(26)16(10-25(17)23)20(28)22-15-4-3-14-11-31-7-5-13(14)9-15/h3-4,9-10,27H,5-8,11-12H2,1-2H3,(H,22,28). The van der Waals surface area contributed by atoms with Crippen LogP contribution in [-0.4, -0.2) is 67.1 Å². The summed E-state index contributed by atoms with van der Waals surface area (Å²) in [7, 11) is 3.21. The van der Waals surface area contributed by atoms with Crippen LogP contribution in [0.3, 0.4) is 0 Å². The van der Waals surface area contributed by atoms with E-state index in [0.717, 1.165) is 17.5 Å². The van der Waals surface area contributed by atoms with Gasteiger partial charge in [0.05, 0.1) is 19.8 Å². The minimum absolute atomic E-state index is 0.180. The van der Waals surface area contributed by atoms with E-state index in [4.69, 9.17) is 9.47 Å². The predicted octanol–water partition coefficient (Wildman–Crippen LogP) is 0.506. The third kappa shape index (κ3) is 3.87. The van der Waals surface area contributed by atoms with Gasteiger partial charge in [0.1, 0.15) is 12.2 Å². The molecular formula is C21H24N4O6. The first kappa shape index (κ1) is 20.9. The molecule has 10 nitrogen and oxygen atoms in total. The Morgan fingerprint density at radius 1 is 1.29 bits per heavy atom. The smallest absolute Gasteiger partial charge is 0.277 e. The van der Waals surface area contributed by atoms with Crippen LogP contribution in [0.25, 0.3) is 0 Å². The molecule has 0 aliphatic carbocycles. The molecule has 0 spiro atoms. The number of fused-ring (bicyclic) bond motifs is 2. The maximum absolute atomic E-state index is 12.8. The summed E-state index contributed by atoms with van der Waals surface area (Å²) >= 11 is 0. The van der Waals surface area contributed by atoms with Crippen LogP contribution < -0.4 is 15.8 Å². The van der Waals surface area contributed by atoms with Crippen molar-refractivity contribution in [2.24, 2.45) is 0 Å². The van der Waals surface area contributed by atoms with Gasteiger partial charge in [-0.1, -0.05) is 6.07 Å². The van der Waals surface area contributed by atoms with Gasteiger partial charge in [0.2, 0.25) is 5.43 Å². The minimum Gasteiger partial charge on any atom is -0.502 e. The molecule has 2 aliphatic rings. The quantitative estimate of drug-likeness (QED) is 0.713. The Labute approximate surface area is 178 Å². The molecule has 10 heteroatoms. The molecule has 31 heavy (non-hydrogen) atoms. The number of methoxy groups -OCH3 is 1. The molecule has 2 amide bonds. The molecule has 0 fully saturated rings. The minimum atomic E-state index is -0.898. The zero-order chi connectivity index (χ0) is 22.1. The van der Waals surface area contributed by atoms with E-state index in [1.165, 1.54) is 22.9 Å². The zero-order valence-corrected chi connectivity index (χ0v) is 17.4. The number of aromatic nitrogens is 1. The van der Waals surface area contributed by atoms with Gasteiger partial charge >= 0.3 is 0 Å². The van der Waals surface area contributed by atoms with Crippen molar-refractivity contribution in [1.82, 2.24) is 9.58 Å². The molecule has 2 N–H and O–H groups in total. The van der Waals surface area contributed by atoms with Crippen molar-refractivity contribution in [3.63, 3.8) is 0 Å². The van der Waals surface area contributed by atoms with Gasteiger partial charge in [-0.05, 0) is 29.7 Å². The Kier molecular flexibility index (Phi) is 5.66. The lowest BCUT2D eigenvalue weighted by Crippen LogP contribution is -2.53. The molecule has 0 atom stereocenters. The van der Waals surface area contributed by atoms with Crippen LogP contribution in [0.4, 0.5) is 5.69 Å². The molecule has 0 saturated carbocycles. The van der Waals surface area contributed by atoms with Crippen molar-refractivity contribution in [3.05, 3.63) is 57.0 Å². The van der Waals surface area contributed by atoms with Gasteiger partial charge in [0.25, 0.3) is 11.8 Å². The summed E-state index contributed by atoms with van der Waals surface area (Å²) in [6, 6.07) is 5.47. The Morgan fingerprint density at radius 2 is 2.10 bits per heavy atom. The number of rotatable bonds is 5. The lowest BCUT2D eigenvalue weighted by Gasteiger charge is -2.37. The molecule has 1 aromatic heterocycles. The maximum Gasteiger partial charge on any atom is 0.277 e. The van der Waals surface area contributed by atoms with Gasteiger partial charge < -0.3 is 24.8 Å². The highest BCUT2D eigenvalue weighted by Crippen LogP contribution is 2.23. The lowest BCUT2D eigenvalue weighted by molar-refractivity contribution is 0.0629. The largest absolute Gasteiger partial charge is 0.502 e. The highest BCUT2D eigenvalue weighted by atomic mass is 16.5. The number of nitrogens with one attached hydrogen (secondary N) is 1. The third-order valence-corrected chi connectivity index (χ3v) is 5.44. The van der Waals surface area contributed by atoms with Gasteiger partial charge in [-0.15, -0.1) is 0 Å². The van der Waals surface area contributed by atoms with Gasteiger partial charge in [-0.2, -0.15) is 0 Å². The fraction of sp³-hybridized carbons (Fsp3) is 0.381. The molecule has 2 aromatic rings. The summed E-state index contributed by atoms with van der Waals surface area (Å²) < 4.78 is 11.8. The maximum atomic E-state index is 12.8. The topological polar surface area (TPSA) is 113 Å². The number of hydrogen-bond donors (Lipinski definition) is 2. The summed E-state index contributed by atoms with van der Waals surface area (Å²) in [5.41, 5.74) is 1.35. The molecule has 0 unspecified atom stereocenters. The first-order valence-corrected chi connectivity index (χ1v) is 9.90. The van der Waals surface area contributed by atoms with Crippen molar-refractivity contribution in [1.29, 1.82) is 0 Å². The first-order chi connectivity index (χ1) is 14.9. The number of pyridine rings is 1. The van der Waals surface area contributed by atoms with Crippen molar-refractivity contribution in [2.75, 3.05) is 50.9 Å². The van der Waals surface area contributed by atoms with E-state index in [2.05, 4.69) is 5.32 Å². The van der Waals surface area contributed by atoms with Crippen LogP contribution >= 0.6 is 0 Å². The van der Waals surface area contributed by atoms with Crippen molar-refractivity contribution >= 4 is 17.5 Å². The first-order valence-electron chi connectivity index (χ1n) is 9.90. The van der Waals surface area contributed by atoms with Crippen molar-refractivity contribution in [2.45, 2.75) is 13.0 Å². The summed E-state index contributed by atoms with van der Waals surface area (Å²) in [6.07, 6.45) is 2.03. The van der Waals surface area contributed by atoms with Crippen LogP contribution in [0.2, 0.25) is 0 Å². The molecule has 2 aliphatic heterocycles. The molecular weight excluding hydrogens is 404 g/mol. The number of anilines is 1. The SMILES string of the molecule is COCCN1CN(C)n2cc(C(=O)Nc3ccc4c(c3)CCOC4)c(=O)c(O)c2C1=O. The number of carbonyl (C=O) groups excluding carboxylic acids is 2. The number of ether oxygens (including phenoxy) is 2. The number of nitrogens with zero attached hydrogens (tertiary/aromatic N) is 3. The fourth-order valence-corrected chi connectivity index (χ4v) is 3.76. The molecule has 3 heterocycles. The van der Waals surface area contributed by atoms with E-state index < -0.39 is 23.0 Å². The van der Waals surface area contributed by atoms with E-state index in [9.17, 15) is 19.5 Å². The van der Waals surface area contributed by atoms with Gasteiger partial charge in [0.15, 0.2) is 11.4 Å². The van der Waals surface area contributed by atoms with E-state index >= 15 is 0 Å². The number of aromatic hydroxyl groups is 1. The number of hydrogen-bond acceptors (Lipinski definition) is 7. The van der Waals surface area contributed by atoms with Crippen LogP contribution in [0.5, 0.6) is 5.75 Å². The summed E-state index contributed by atoms with van der Waals surface area (Å²) in [5.74, 6) is -1.92. The number of benzene rings is 1. The molecule has 4 rings (SSSR count). The Hall–Kier alpha value is -3.37. The molecule has 1 aromatic carbocycles. The summed E-state index contributed by atoms with van der Waals surface area (Å²) in [5, 5.41) is 14.8. The van der Waals surface area contributed by atoms with E-state index in [0.29, 0.717) is 32.1 Å². The molecule has 0 bridgehead atoms. The Bertz CT molecular complexity index is 1100. The van der Waals surface area contributed by atoms with Gasteiger partial charge in [-0.25, -0.2) is 0 Å². The molecule has 0 radical (unpaired) electrons. The van der Waals surface area contributed by atoms with Gasteiger partial charge in [0, 0.05) is 32.6 Å². The van der Waals surface area contributed by atoms with E-state index in [1.807, 2.05) is 12.1 Å². The number of carbonyl (C=O) groups is 2. The lowest BCUT2D eigenvalue weighted by atomic mass is 10.0. The second kappa shape index (κ2) is 8.40. The second-order valence-electron chi connectivity index (χ2n) is 7.51. The number of amides is 2. The van der Waals surface area contributed by atoms with Crippen molar-refractivity contribution < 1.29 is 24.2 Å². The van der Waals surface area contributed by atoms with Crippen LogP contribution in [-0.2, 0) is 22.5 Å². The molecule has 0 saturated heterocycles. The van der Waals surface area contributed by atoms with E-state index in [-0.39, 0.29) is 17.9 Å². The van der Waals surface area contributed by atoms with Crippen LogP contribution in [0, 0.1) is 0 Å². The Morgan fingerprint density at radius 3 is 2.87 bits per heavy atom. The summed E-state index contributed by atoms with van der Waals surface area (Å²) in [6.45, 7) is 1.99. The second-order valence-corrected chi connectivity index (χ2v) is 7.51. The van der Waals surface area contributed by atoms with Crippen molar-refractivity contribution in [3.8, 4) is 5.75 Å². The van der Waals surface area contributed by atoms with E-state index in [1.54, 1.807) is 18.1 Å². The normalized spacial score (nSPS) is 15.5. The van der Waals surface area contributed by atoms with Gasteiger partial charge in [-0.3, -0.25) is 24.1 Å². The average molecular weight is 428 g/mol. The highest BCUT2D eigenvalue weighted by Gasteiger charge is 2.33.